The second-order valence-corrected chi connectivity index (χ2v) is 4.90. The summed E-state index contributed by atoms with van der Waals surface area (Å²) in [6.07, 6.45) is 6.86. The summed E-state index contributed by atoms with van der Waals surface area (Å²) in [5.41, 5.74) is 1.25. The fourth-order valence-corrected chi connectivity index (χ4v) is 1.79. The number of carbonyl (C=O) groups excluding carboxylic acids is 1. The van der Waals surface area contributed by atoms with Gasteiger partial charge in [0.2, 0.25) is 5.91 Å². The lowest BCUT2D eigenvalue weighted by molar-refractivity contribution is -0.121. The molecule has 1 amide bonds. The highest BCUT2D eigenvalue weighted by Gasteiger charge is 2.12. The van der Waals surface area contributed by atoms with Crippen LogP contribution in [0.3, 0.4) is 0 Å². The number of amides is 1. The van der Waals surface area contributed by atoms with Crippen molar-refractivity contribution in [3.05, 3.63) is 11.6 Å². The topological polar surface area (TPSA) is 49.3 Å². The van der Waals surface area contributed by atoms with Crippen molar-refractivity contribution in [3.8, 4) is 0 Å². The van der Waals surface area contributed by atoms with Crippen LogP contribution in [0.5, 0.6) is 0 Å². The minimum absolute atomic E-state index is 0.0350. The van der Waals surface area contributed by atoms with Crippen LogP contribution in [0.4, 0.5) is 0 Å². The van der Waals surface area contributed by atoms with Crippen LogP contribution in [0.1, 0.15) is 46.0 Å². The predicted molar refractivity (Wildman–Crippen MR) is 65.0 cm³/mol. The first-order valence-corrected chi connectivity index (χ1v) is 6.22. The molecule has 3 heteroatoms. The molecular weight excluding hydrogens is 202 g/mol. The molecule has 1 aliphatic rings. The average Bonchev–Trinajstić information content (AvgIpc) is 2.27. The van der Waals surface area contributed by atoms with E-state index in [2.05, 4.69) is 11.4 Å². The second kappa shape index (κ2) is 6.69. The molecule has 0 aromatic heterocycles. The Morgan fingerprint density at radius 1 is 1.50 bits per heavy atom. The van der Waals surface area contributed by atoms with Crippen molar-refractivity contribution < 1.29 is 9.90 Å². The van der Waals surface area contributed by atoms with Gasteiger partial charge in [0.25, 0.3) is 0 Å². The molecule has 3 nitrogen and oxygen atoms in total. The zero-order valence-electron chi connectivity index (χ0n) is 10.3. The summed E-state index contributed by atoms with van der Waals surface area (Å²) >= 11 is 0. The van der Waals surface area contributed by atoms with E-state index in [4.69, 9.17) is 0 Å². The second-order valence-electron chi connectivity index (χ2n) is 4.90. The molecule has 92 valence electrons. The first-order valence-electron chi connectivity index (χ1n) is 6.22. The van der Waals surface area contributed by atoms with Crippen LogP contribution in [-0.4, -0.2) is 23.7 Å². The molecule has 0 fully saturated rings. The fraction of sp³-hybridized carbons (Fsp3) is 0.769. The Morgan fingerprint density at radius 2 is 2.25 bits per heavy atom. The number of rotatable bonds is 5. The lowest BCUT2D eigenvalue weighted by Gasteiger charge is -2.16. The number of aliphatic hydroxyl groups is 1. The molecule has 0 bridgehead atoms. The predicted octanol–water partition coefficient (Wildman–Crippen LogP) is 2.01. The van der Waals surface area contributed by atoms with E-state index in [-0.39, 0.29) is 11.8 Å². The Kier molecular flexibility index (Phi) is 5.53. The normalized spacial score (nSPS) is 18.1. The first-order chi connectivity index (χ1) is 7.59. The van der Waals surface area contributed by atoms with E-state index in [9.17, 15) is 9.90 Å². The molecule has 0 aromatic rings. The van der Waals surface area contributed by atoms with E-state index in [1.165, 1.54) is 18.4 Å². The van der Waals surface area contributed by atoms with Crippen molar-refractivity contribution in [3.63, 3.8) is 0 Å². The summed E-state index contributed by atoms with van der Waals surface area (Å²) in [6, 6.07) is 0. The molecule has 0 spiro atoms. The van der Waals surface area contributed by atoms with Gasteiger partial charge < -0.3 is 10.4 Å². The standard InChI is InChI=1S/C13H23NO2/c1-10(2)12(15)9-14-13(16)8-11-6-4-3-5-7-11/h6,10,12,15H,3-5,7-9H2,1-2H3,(H,14,16). The van der Waals surface area contributed by atoms with Crippen molar-refractivity contribution in [2.45, 2.75) is 52.1 Å². The summed E-state index contributed by atoms with van der Waals surface area (Å²) < 4.78 is 0. The summed E-state index contributed by atoms with van der Waals surface area (Å²) in [4.78, 5) is 11.6. The third-order valence-corrected chi connectivity index (χ3v) is 3.05. The van der Waals surface area contributed by atoms with E-state index >= 15 is 0 Å². The molecule has 0 saturated carbocycles. The van der Waals surface area contributed by atoms with Gasteiger partial charge in [0.05, 0.1) is 6.10 Å². The molecular formula is C13H23NO2. The highest BCUT2D eigenvalue weighted by Crippen LogP contribution is 2.19. The third kappa shape index (κ3) is 4.79. The molecule has 2 N–H and O–H groups in total. The van der Waals surface area contributed by atoms with Gasteiger partial charge >= 0.3 is 0 Å². The van der Waals surface area contributed by atoms with Crippen LogP contribution in [0.2, 0.25) is 0 Å². The van der Waals surface area contributed by atoms with Gasteiger partial charge in [-0.3, -0.25) is 4.79 Å². The van der Waals surface area contributed by atoms with Crippen molar-refractivity contribution in [1.29, 1.82) is 0 Å². The largest absolute Gasteiger partial charge is 0.391 e. The van der Waals surface area contributed by atoms with Crippen LogP contribution >= 0.6 is 0 Å². The van der Waals surface area contributed by atoms with Crippen LogP contribution in [-0.2, 0) is 4.79 Å². The van der Waals surface area contributed by atoms with Gasteiger partial charge in [-0.05, 0) is 31.6 Å². The van der Waals surface area contributed by atoms with E-state index in [1.807, 2.05) is 13.8 Å². The van der Waals surface area contributed by atoms with Crippen LogP contribution < -0.4 is 5.32 Å². The molecule has 1 unspecified atom stereocenters. The summed E-state index contributed by atoms with van der Waals surface area (Å²) in [5.74, 6) is 0.224. The Labute approximate surface area is 97.9 Å². The highest BCUT2D eigenvalue weighted by atomic mass is 16.3. The number of hydrogen-bond acceptors (Lipinski definition) is 2. The van der Waals surface area contributed by atoms with Crippen molar-refractivity contribution in [1.82, 2.24) is 5.32 Å². The molecule has 0 aliphatic heterocycles. The van der Waals surface area contributed by atoms with Gasteiger partial charge in [-0.2, -0.15) is 0 Å². The van der Waals surface area contributed by atoms with Gasteiger partial charge in [-0.1, -0.05) is 25.5 Å². The van der Waals surface area contributed by atoms with E-state index in [0.717, 1.165) is 12.8 Å². The monoisotopic (exact) mass is 225 g/mol. The molecule has 0 aromatic carbocycles. The fourth-order valence-electron chi connectivity index (χ4n) is 1.79. The van der Waals surface area contributed by atoms with Crippen molar-refractivity contribution in [2.75, 3.05) is 6.54 Å². The van der Waals surface area contributed by atoms with Gasteiger partial charge in [0.1, 0.15) is 0 Å². The molecule has 1 rings (SSSR count). The zero-order chi connectivity index (χ0) is 12.0. The minimum atomic E-state index is -0.440. The summed E-state index contributed by atoms with van der Waals surface area (Å²) in [7, 11) is 0. The number of aliphatic hydroxyl groups excluding tert-OH is 1. The quantitative estimate of drug-likeness (QED) is 0.703. The van der Waals surface area contributed by atoms with Gasteiger partial charge in [-0.15, -0.1) is 0 Å². The number of carbonyl (C=O) groups is 1. The lowest BCUT2D eigenvalue weighted by atomic mass is 9.97. The number of nitrogens with one attached hydrogen (secondary N) is 1. The first kappa shape index (κ1) is 13.2. The number of allylic oxidation sites excluding steroid dienone is 1. The van der Waals surface area contributed by atoms with Gasteiger partial charge in [0, 0.05) is 13.0 Å². The molecule has 1 aliphatic carbocycles. The van der Waals surface area contributed by atoms with Crippen molar-refractivity contribution >= 4 is 5.91 Å². The Bertz CT molecular complexity index is 259. The van der Waals surface area contributed by atoms with Crippen molar-refractivity contribution in [2.24, 2.45) is 5.92 Å². The summed E-state index contributed by atoms with van der Waals surface area (Å²) in [6.45, 7) is 4.25. The molecule has 0 heterocycles. The Balaban J connectivity index is 2.22. The van der Waals surface area contributed by atoms with Crippen LogP contribution in [0.25, 0.3) is 0 Å². The molecule has 1 atom stereocenters. The number of hydrogen-bond donors (Lipinski definition) is 2. The van der Waals surface area contributed by atoms with Crippen LogP contribution in [0, 0.1) is 5.92 Å². The third-order valence-electron chi connectivity index (χ3n) is 3.05. The minimum Gasteiger partial charge on any atom is -0.391 e. The maximum Gasteiger partial charge on any atom is 0.224 e. The summed E-state index contributed by atoms with van der Waals surface area (Å²) in [5, 5.41) is 12.3. The average molecular weight is 225 g/mol. The smallest absolute Gasteiger partial charge is 0.224 e. The lowest BCUT2D eigenvalue weighted by Crippen LogP contribution is -2.34. The van der Waals surface area contributed by atoms with E-state index < -0.39 is 6.10 Å². The molecule has 16 heavy (non-hydrogen) atoms. The Morgan fingerprint density at radius 3 is 2.81 bits per heavy atom. The van der Waals surface area contributed by atoms with E-state index in [0.29, 0.717) is 13.0 Å². The van der Waals surface area contributed by atoms with E-state index in [1.54, 1.807) is 0 Å². The zero-order valence-corrected chi connectivity index (χ0v) is 10.3. The SMILES string of the molecule is CC(C)C(O)CNC(=O)CC1=CCCCC1. The van der Waals surface area contributed by atoms with Gasteiger partial charge in [0.15, 0.2) is 0 Å². The van der Waals surface area contributed by atoms with Crippen LogP contribution in [0.15, 0.2) is 11.6 Å². The van der Waals surface area contributed by atoms with Gasteiger partial charge in [-0.25, -0.2) is 0 Å². The maximum atomic E-state index is 11.6. The highest BCUT2D eigenvalue weighted by molar-refractivity contribution is 5.78. The molecule has 0 radical (unpaired) electrons. The Hall–Kier alpha value is -0.830. The molecule has 0 saturated heterocycles. The maximum absolute atomic E-state index is 11.6.